The molecular weight excluding hydrogens is 302 g/mol. The Labute approximate surface area is 140 Å². The van der Waals surface area contributed by atoms with Crippen LogP contribution in [-0.4, -0.2) is 20.4 Å². The Kier molecular flexibility index (Phi) is 4.57. The quantitative estimate of drug-likeness (QED) is 0.724. The minimum Gasteiger partial charge on any atom is -0.368 e. The highest BCUT2D eigenvalue weighted by atomic mass is 16.1. The number of amides is 1. The van der Waals surface area contributed by atoms with E-state index in [-0.39, 0.29) is 12.5 Å². The lowest BCUT2D eigenvalue weighted by Crippen LogP contribution is -2.20. The molecule has 0 atom stereocenters. The van der Waals surface area contributed by atoms with Crippen molar-refractivity contribution in [2.45, 2.75) is 33.5 Å². The van der Waals surface area contributed by atoms with Crippen LogP contribution in [0.1, 0.15) is 22.6 Å². The van der Waals surface area contributed by atoms with Crippen molar-refractivity contribution in [1.82, 2.24) is 19.9 Å². The molecule has 2 aromatic heterocycles. The third kappa shape index (κ3) is 3.28. The topological polar surface area (TPSA) is 85.8 Å². The molecule has 1 aromatic carbocycles. The number of rotatable bonds is 6. The van der Waals surface area contributed by atoms with Crippen LogP contribution < -0.4 is 11.1 Å². The van der Waals surface area contributed by atoms with Gasteiger partial charge in [-0.2, -0.15) is 0 Å². The van der Waals surface area contributed by atoms with Gasteiger partial charge in [0.25, 0.3) is 0 Å². The van der Waals surface area contributed by atoms with Crippen molar-refractivity contribution >= 4 is 16.8 Å². The molecule has 1 amide bonds. The van der Waals surface area contributed by atoms with Gasteiger partial charge in [0.1, 0.15) is 6.54 Å². The molecule has 0 radical (unpaired) electrons. The highest BCUT2D eigenvalue weighted by Crippen LogP contribution is 2.25. The zero-order valence-corrected chi connectivity index (χ0v) is 13.9. The summed E-state index contributed by atoms with van der Waals surface area (Å²) in [6.45, 7) is 5.46. The number of nitrogens with one attached hydrogen (secondary N) is 1. The maximum Gasteiger partial charge on any atom is 0.237 e. The van der Waals surface area contributed by atoms with E-state index in [9.17, 15) is 4.79 Å². The molecule has 0 unspecified atom stereocenters. The number of aryl methyl sites for hydroxylation is 1. The van der Waals surface area contributed by atoms with Crippen LogP contribution in [-0.2, 0) is 24.4 Å². The van der Waals surface area contributed by atoms with Crippen LogP contribution in [0.4, 0.5) is 0 Å². The number of aromatic nitrogens is 3. The Morgan fingerprint density at radius 2 is 1.96 bits per heavy atom. The van der Waals surface area contributed by atoms with Crippen molar-refractivity contribution in [3.8, 4) is 0 Å². The van der Waals surface area contributed by atoms with Crippen molar-refractivity contribution in [2.75, 3.05) is 0 Å². The van der Waals surface area contributed by atoms with Gasteiger partial charge in [-0.3, -0.25) is 14.8 Å². The number of hydrogen-bond donors (Lipinski definition) is 2. The summed E-state index contributed by atoms with van der Waals surface area (Å²) >= 11 is 0. The van der Waals surface area contributed by atoms with Crippen LogP contribution in [0.5, 0.6) is 0 Å². The van der Waals surface area contributed by atoms with Gasteiger partial charge in [0.05, 0.1) is 11.4 Å². The van der Waals surface area contributed by atoms with Gasteiger partial charge in [-0.15, -0.1) is 0 Å². The zero-order valence-electron chi connectivity index (χ0n) is 13.9. The lowest BCUT2D eigenvalue weighted by Gasteiger charge is -2.07. The van der Waals surface area contributed by atoms with E-state index in [0.29, 0.717) is 13.1 Å². The fourth-order valence-electron chi connectivity index (χ4n) is 2.91. The summed E-state index contributed by atoms with van der Waals surface area (Å²) in [5, 5.41) is 4.54. The second-order valence-electron chi connectivity index (χ2n) is 5.89. The molecule has 0 aliphatic heterocycles. The zero-order chi connectivity index (χ0) is 17.1. The second-order valence-corrected chi connectivity index (χ2v) is 5.89. The van der Waals surface area contributed by atoms with Crippen molar-refractivity contribution in [3.05, 3.63) is 59.3 Å². The van der Waals surface area contributed by atoms with Crippen molar-refractivity contribution in [2.24, 2.45) is 5.73 Å². The normalized spacial score (nSPS) is 11.1. The predicted molar refractivity (Wildman–Crippen MR) is 93.2 cm³/mol. The smallest absolute Gasteiger partial charge is 0.237 e. The van der Waals surface area contributed by atoms with Crippen LogP contribution >= 0.6 is 0 Å². The third-order valence-corrected chi connectivity index (χ3v) is 4.12. The van der Waals surface area contributed by atoms with Crippen LogP contribution in [0.15, 0.2) is 36.7 Å². The van der Waals surface area contributed by atoms with Crippen molar-refractivity contribution < 1.29 is 4.79 Å². The van der Waals surface area contributed by atoms with Crippen molar-refractivity contribution in [1.29, 1.82) is 0 Å². The molecule has 0 aliphatic carbocycles. The van der Waals surface area contributed by atoms with E-state index in [1.54, 1.807) is 12.4 Å². The third-order valence-electron chi connectivity index (χ3n) is 4.12. The molecule has 0 saturated heterocycles. The lowest BCUT2D eigenvalue weighted by atomic mass is 10.1. The molecule has 3 aromatic rings. The summed E-state index contributed by atoms with van der Waals surface area (Å²) in [7, 11) is 0. The average molecular weight is 323 g/mol. The Morgan fingerprint density at radius 3 is 2.67 bits per heavy atom. The minimum absolute atomic E-state index is 0.190. The molecular formula is C18H21N5O. The van der Waals surface area contributed by atoms with Gasteiger partial charge in [-0.25, -0.2) is 0 Å². The van der Waals surface area contributed by atoms with E-state index in [1.807, 2.05) is 36.6 Å². The lowest BCUT2D eigenvalue weighted by molar-refractivity contribution is -0.118. The molecule has 6 nitrogen and oxygen atoms in total. The molecule has 0 aliphatic rings. The Hall–Kier alpha value is -2.73. The summed E-state index contributed by atoms with van der Waals surface area (Å²) in [5.74, 6) is -0.340. The number of carbonyl (C=O) groups is 1. The number of primary amides is 1. The minimum atomic E-state index is -0.340. The van der Waals surface area contributed by atoms with Gasteiger partial charge < -0.3 is 15.6 Å². The number of hydrogen-bond acceptors (Lipinski definition) is 4. The molecule has 2 heterocycles. The molecule has 124 valence electrons. The number of nitrogens with zero attached hydrogens (tertiary/aromatic N) is 3. The van der Waals surface area contributed by atoms with E-state index in [1.165, 1.54) is 5.56 Å². The number of carbonyl (C=O) groups excluding carboxylic acids is 1. The first-order valence-electron chi connectivity index (χ1n) is 7.89. The van der Waals surface area contributed by atoms with Crippen LogP contribution in [0.3, 0.4) is 0 Å². The molecule has 0 saturated carbocycles. The summed E-state index contributed by atoms with van der Waals surface area (Å²) < 4.78 is 1.97. The second kappa shape index (κ2) is 6.80. The van der Waals surface area contributed by atoms with Gasteiger partial charge in [0.2, 0.25) is 5.91 Å². The molecule has 0 fully saturated rings. The molecule has 3 rings (SSSR count). The Morgan fingerprint density at radius 1 is 1.17 bits per heavy atom. The highest BCUT2D eigenvalue weighted by Gasteiger charge is 2.14. The van der Waals surface area contributed by atoms with E-state index in [0.717, 1.165) is 28.0 Å². The maximum absolute atomic E-state index is 11.4. The number of nitrogens with two attached hydrogens (primary N) is 1. The fraction of sp³-hybridized carbons (Fsp3) is 0.278. The van der Waals surface area contributed by atoms with E-state index < -0.39 is 0 Å². The molecule has 24 heavy (non-hydrogen) atoms. The van der Waals surface area contributed by atoms with Crippen LogP contribution in [0.2, 0.25) is 0 Å². The average Bonchev–Trinajstić information content (AvgIpc) is 2.82. The SMILES string of the molecule is Cc1cnc(CNCc2c(C)n(CC(N)=O)c3ccccc23)cn1. The summed E-state index contributed by atoms with van der Waals surface area (Å²) in [4.78, 5) is 20.0. The Bertz CT molecular complexity index is 867. The van der Waals surface area contributed by atoms with E-state index in [4.69, 9.17) is 5.73 Å². The summed E-state index contributed by atoms with van der Waals surface area (Å²) in [6.07, 6.45) is 3.55. The predicted octanol–water partition coefficient (Wildman–Crippen LogP) is 1.82. The van der Waals surface area contributed by atoms with Gasteiger partial charge in [0.15, 0.2) is 0 Å². The standard InChI is InChI=1S/C18H21N5O/c1-12-7-22-14(9-21-12)8-20-10-16-13(2)23(11-18(19)24)17-6-4-3-5-15(16)17/h3-7,9,20H,8,10-11H2,1-2H3,(H2,19,24). The van der Waals surface area contributed by atoms with Gasteiger partial charge in [-0.05, 0) is 25.5 Å². The van der Waals surface area contributed by atoms with Gasteiger partial charge >= 0.3 is 0 Å². The first kappa shape index (κ1) is 16.1. The number of fused-ring (bicyclic) bond motifs is 1. The van der Waals surface area contributed by atoms with Gasteiger partial charge in [0, 0.05) is 42.1 Å². The molecule has 3 N–H and O–H groups in total. The monoisotopic (exact) mass is 323 g/mol. The van der Waals surface area contributed by atoms with Crippen molar-refractivity contribution in [3.63, 3.8) is 0 Å². The molecule has 0 bridgehead atoms. The fourth-order valence-corrected chi connectivity index (χ4v) is 2.91. The maximum atomic E-state index is 11.4. The van der Waals surface area contributed by atoms with Crippen LogP contribution in [0, 0.1) is 13.8 Å². The summed E-state index contributed by atoms with van der Waals surface area (Å²) in [5.41, 5.74) is 10.5. The highest BCUT2D eigenvalue weighted by molar-refractivity contribution is 5.87. The summed E-state index contributed by atoms with van der Waals surface area (Å²) in [6, 6.07) is 8.06. The largest absolute Gasteiger partial charge is 0.368 e. The Balaban J connectivity index is 1.82. The molecule has 6 heteroatoms. The first-order chi connectivity index (χ1) is 11.6. The number of para-hydroxylation sites is 1. The number of benzene rings is 1. The molecule has 0 spiro atoms. The van der Waals surface area contributed by atoms with Crippen LogP contribution in [0.25, 0.3) is 10.9 Å². The first-order valence-corrected chi connectivity index (χ1v) is 7.89. The van der Waals surface area contributed by atoms with E-state index in [2.05, 4.69) is 21.4 Å². The van der Waals surface area contributed by atoms with E-state index >= 15 is 0 Å². The van der Waals surface area contributed by atoms with Gasteiger partial charge in [-0.1, -0.05) is 18.2 Å².